The molecule has 0 saturated heterocycles. The molecule has 1 rings (SSSR count). The molecule has 0 aliphatic heterocycles. The smallest absolute Gasteiger partial charge is 0.125 e. The van der Waals surface area contributed by atoms with Crippen LogP contribution in [0.4, 0.5) is 0 Å². The monoisotopic (exact) mass is 316 g/mol. The molecule has 1 aromatic rings. The lowest BCUT2D eigenvalue weighted by Crippen LogP contribution is -2.11. The van der Waals surface area contributed by atoms with Crippen LogP contribution in [-0.4, -0.2) is 33.5 Å². The summed E-state index contributed by atoms with van der Waals surface area (Å²) in [5, 5.41) is 0.870. The van der Waals surface area contributed by atoms with Crippen LogP contribution in [-0.2, 0) is 14.8 Å². The van der Waals surface area contributed by atoms with E-state index in [4.69, 9.17) is 14.2 Å². The fourth-order valence-electron chi connectivity index (χ4n) is 1.79. The molecule has 0 heterocycles. The van der Waals surface area contributed by atoms with Crippen LogP contribution in [0.5, 0.6) is 5.75 Å². The van der Waals surface area contributed by atoms with Crippen molar-refractivity contribution in [2.45, 2.75) is 19.2 Å². The standard InChI is InChI=1S/C14H21BrO3/c1-11-8-13(10-15)9-12(2)14(11)18-7-6-17-5-4-16-3/h8-9H,4-7,10H2,1-3H3. The Labute approximate surface area is 118 Å². The van der Waals surface area contributed by atoms with Crippen molar-refractivity contribution >= 4 is 15.9 Å². The largest absolute Gasteiger partial charge is 0.491 e. The molecule has 0 aliphatic rings. The van der Waals surface area contributed by atoms with Gasteiger partial charge < -0.3 is 14.2 Å². The zero-order valence-corrected chi connectivity index (χ0v) is 12.9. The average molecular weight is 317 g/mol. The van der Waals surface area contributed by atoms with E-state index in [9.17, 15) is 0 Å². The average Bonchev–Trinajstić information content (AvgIpc) is 2.35. The molecule has 0 aliphatic carbocycles. The molecule has 102 valence electrons. The van der Waals surface area contributed by atoms with Gasteiger partial charge >= 0.3 is 0 Å². The van der Waals surface area contributed by atoms with Crippen LogP contribution in [0.15, 0.2) is 12.1 Å². The predicted octanol–water partition coefficient (Wildman–Crippen LogP) is 3.24. The summed E-state index contributed by atoms with van der Waals surface area (Å²) in [6.07, 6.45) is 0. The maximum atomic E-state index is 5.77. The number of aryl methyl sites for hydroxylation is 2. The van der Waals surface area contributed by atoms with Crippen LogP contribution in [0, 0.1) is 13.8 Å². The molecule has 0 fully saturated rings. The lowest BCUT2D eigenvalue weighted by molar-refractivity contribution is 0.0542. The summed E-state index contributed by atoms with van der Waals surface area (Å²) in [5.41, 5.74) is 3.61. The highest BCUT2D eigenvalue weighted by atomic mass is 79.9. The van der Waals surface area contributed by atoms with Crippen LogP contribution in [0.2, 0.25) is 0 Å². The number of alkyl halides is 1. The molecule has 3 nitrogen and oxygen atoms in total. The first-order chi connectivity index (χ1) is 8.69. The predicted molar refractivity (Wildman–Crippen MR) is 76.7 cm³/mol. The van der Waals surface area contributed by atoms with Crippen molar-refractivity contribution in [3.8, 4) is 5.75 Å². The molecule has 0 radical (unpaired) electrons. The molecule has 0 amide bonds. The molecular formula is C14H21BrO3. The Bertz CT molecular complexity index is 343. The van der Waals surface area contributed by atoms with Gasteiger partial charge in [0.25, 0.3) is 0 Å². The van der Waals surface area contributed by atoms with E-state index in [0.29, 0.717) is 26.4 Å². The number of ether oxygens (including phenoxy) is 3. The quantitative estimate of drug-likeness (QED) is 0.544. The van der Waals surface area contributed by atoms with E-state index in [-0.39, 0.29) is 0 Å². The molecule has 0 saturated carbocycles. The maximum absolute atomic E-state index is 5.77. The fourth-order valence-corrected chi connectivity index (χ4v) is 2.12. The molecule has 4 heteroatoms. The van der Waals surface area contributed by atoms with Gasteiger partial charge in [0.1, 0.15) is 12.4 Å². The summed E-state index contributed by atoms with van der Waals surface area (Å²) in [6.45, 7) is 6.53. The molecular weight excluding hydrogens is 296 g/mol. The second-order valence-corrected chi connectivity index (χ2v) is 4.71. The summed E-state index contributed by atoms with van der Waals surface area (Å²) in [6, 6.07) is 4.28. The van der Waals surface area contributed by atoms with Gasteiger partial charge in [-0.1, -0.05) is 28.1 Å². The van der Waals surface area contributed by atoms with E-state index in [0.717, 1.165) is 11.1 Å². The Morgan fingerprint density at radius 2 is 1.61 bits per heavy atom. The Morgan fingerprint density at radius 3 is 2.17 bits per heavy atom. The van der Waals surface area contributed by atoms with Crippen LogP contribution >= 0.6 is 15.9 Å². The number of hydrogen-bond acceptors (Lipinski definition) is 3. The first-order valence-corrected chi connectivity index (χ1v) is 7.16. The van der Waals surface area contributed by atoms with Crippen LogP contribution in [0.1, 0.15) is 16.7 Å². The summed E-state index contributed by atoms with van der Waals surface area (Å²) >= 11 is 3.47. The minimum absolute atomic E-state index is 0.569. The molecule has 0 aromatic heterocycles. The van der Waals surface area contributed by atoms with E-state index in [1.54, 1.807) is 7.11 Å². The number of methoxy groups -OCH3 is 1. The zero-order valence-electron chi connectivity index (χ0n) is 11.3. The Kier molecular flexibility index (Phi) is 7.32. The zero-order chi connectivity index (χ0) is 13.4. The van der Waals surface area contributed by atoms with Crippen molar-refractivity contribution in [3.63, 3.8) is 0 Å². The highest BCUT2D eigenvalue weighted by molar-refractivity contribution is 9.08. The Morgan fingerprint density at radius 1 is 1.00 bits per heavy atom. The molecule has 18 heavy (non-hydrogen) atoms. The summed E-state index contributed by atoms with van der Waals surface area (Å²) < 4.78 is 16.0. The van der Waals surface area contributed by atoms with E-state index in [1.807, 2.05) is 0 Å². The first-order valence-electron chi connectivity index (χ1n) is 6.04. The second kappa shape index (κ2) is 8.51. The first kappa shape index (κ1) is 15.5. The minimum atomic E-state index is 0.569. The second-order valence-electron chi connectivity index (χ2n) is 4.15. The van der Waals surface area contributed by atoms with E-state index in [1.165, 1.54) is 16.7 Å². The number of benzene rings is 1. The molecule has 0 N–H and O–H groups in total. The summed E-state index contributed by atoms with van der Waals surface area (Å²) in [7, 11) is 1.66. The van der Waals surface area contributed by atoms with Gasteiger partial charge in [-0.15, -0.1) is 0 Å². The summed E-state index contributed by atoms with van der Waals surface area (Å²) in [4.78, 5) is 0. The maximum Gasteiger partial charge on any atom is 0.125 e. The van der Waals surface area contributed by atoms with Crippen molar-refractivity contribution in [3.05, 3.63) is 28.8 Å². The number of rotatable bonds is 8. The highest BCUT2D eigenvalue weighted by Crippen LogP contribution is 2.25. The van der Waals surface area contributed by atoms with E-state index < -0.39 is 0 Å². The lowest BCUT2D eigenvalue weighted by atomic mass is 10.1. The topological polar surface area (TPSA) is 27.7 Å². The Balaban J connectivity index is 2.42. The molecule has 0 atom stereocenters. The van der Waals surface area contributed by atoms with Gasteiger partial charge in [0.15, 0.2) is 0 Å². The Hall–Kier alpha value is -0.580. The molecule has 0 unspecified atom stereocenters. The fraction of sp³-hybridized carbons (Fsp3) is 0.571. The third-order valence-electron chi connectivity index (χ3n) is 2.58. The number of hydrogen-bond donors (Lipinski definition) is 0. The van der Waals surface area contributed by atoms with Crippen LogP contribution in [0.3, 0.4) is 0 Å². The molecule has 0 bridgehead atoms. The number of halogens is 1. The SMILES string of the molecule is COCCOCCOc1c(C)cc(CBr)cc1C. The third-order valence-corrected chi connectivity index (χ3v) is 3.23. The molecule has 0 spiro atoms. The minimum Gasteiger partial charge on any atom is -0.491 e. The van der Waals surface area contributed by atoms with Crippen molar-refractivity contribution in [1.82, 2.24) is 0 Å². The van der Waals surface area contributed by atoms with Crippen molar-refractivity contribution in [2.75, 3.05) is 33.5 Å². The summed E-state index contributed by atoms with van der Waals surface area (Å²) in [5.74, 6) is 0.968. The van der Waals surface area contributed by atoms with Crippen LogP contribution in [0.25, 0.3) is 0 Å². The van der Waals surface area contributed by atoms with Crippen molar-refractivity contribution in [1.29, 1.82) is 0 Å². The molecule has 1 aromatic carbocycles. The van der Waals surface area contributed by atoms with E-state index >= 15 is 0 Å². The van der Waals surface area contributed by atoms with Crippen molar-refractivity contribution in [2.24, 2.45) is 0 Å². The van der Waals surface area contributed by atoms with Gasteiger partial charge in [0.2, 0.25) is 0 Å². The van der Waals surface area contributed by atoms with Crippen molar-refractivity contribution < 1.29 is 14.2 Å². The van der Waals surface area contributed by atoms with Gasteiger partial charge in [-0.3, -0.25) is 0 Å². The van der Waals surface area contributed by atoms with Crippen LogP contribution < -0.4 is 4.74 Å². The van der Waals surface area contributed by atoms with Gasteiger partial charge in [0.05, 0.1) is 19.8 Å². The lowest BCUT2D eigenvalue weighted by Gasteiger charge is -2.13. The van der Waals surface area contributed by atoms with E-state index in [2.05, 4.69) is 41.9 Å². The van der Waals surface area contributed by atoms with Gasteiger partial charge in [-0.05, 0) is 30.5 Å². The highest BCUT2D eigenvalue weighted by Gasteiger charge is 2.05. The van der Waals surface area contributed by atoms with Gasteiger partial charge in [-0.2, -0.15) is 0 Å². The normalized spacial score (nSPS) is 10.7. The van der Waals surface area contributed by atoms with Gasteiger partial charge in [-0.25, -0.2) is 0 Å². The van der Waals surface area contributed by atoms with Gasteiger partial charge in [0, 0.05) is 12.4 Å². The third kappa shape index (κ3) is 4.96.